The molecule has 0 spiro atoms. The first-order valence-corrected chi connectivity index (χ1v) is 11.9. The van der Waals surface area contributed by atoms with Gasteiger partial charge in [-0.15, -0.1) is 0 Å². The monoisotopic (exact) mass is 454 g/mol. The first kappa shape index (κ1) is 21.0. The maximum atomic E-state index is 14.6. The number of nitrogens with zero attached hydrogens (tertiary/aromatic N) is 5. The second kappa shape index (κ2) is 9.33. The topological polar surface area (TPSA) is 90.9 Å². The van der Waals surface area contributed by atoms with Gasteiger partial charge >= 0.3 is 0 Å². The van der Waals surface area contributed by atoms with Gasteiger partial charge in [-0.25, -0.2) is 24.3 Å². The lowest BCUT2D eigenvalue weighted by Crippen LogP contribution is -2.43. The Morgan fingerprint density at radius 3 is 2.66 bits per heavy atom. The first-order chi connectivity index (χ1) is 15.7. The van der Waals surface area contributed by atoms with Crippen molar-refractivity contribution >= 4 is 33.9 Å². The Bertz CT molecular complexity index is 1060. The van der Waals surface area contributed by atoms with Gasteiger partial charge in [0.2, 0.25) is 5.95 Å². The lowest BCUT2D eigenvalue weighted by atomic mass is 10.2. The molecule has 0 aromatic carbocycles. The van der Waals surface area contributed by atoms with Crippen molar-refractivity contribution in [2.75, 3.05) is 41.7 Å². The van der Waals surface area contributed by atoms with Crippen molar-refractivity contribution in [1.82, 2.24) is 25.3 Å². The molecule has 0 amide bonds. The standard InChI is InChI=1S/C22H27FN8S/c1-14-20(32-22(27-14)28-15-4-2-3-5-15)19-17(23)13-26-21(30-19)29-18-7-6-16(12-25-18)31-10-8-24-9-11-31/h6-7,12-13,15,24H,2-5,8-11H2,1H3,(H,27,28)(H,25,26,29,30). The van der Waals surface area contributed by atoms with E-state index in [2.05, 4.69) is 40.8 Å². The third-order valence-corrected chi connectivity index (χ3v) is 7.00. The van der Waals surface area contributed by atoms with Crippen molar-refractivity contribution in [2.45, 2.75) is 38.6 Å². The van der Waals surface area contributed by atoms with Crippen LogP contribution in [0.5, 0.6) is 0 Å². The molecule has 4 heterocycles. The van der Waals surface area contributed by atoms with Gasteiger partial charge in [-0.2, -0.15) is 0 Å². The van der Waals surface area contributed by atoms with Crippen molar-refractivity contribution in [1.29, 1.82) is 0 Å². The van der Waals surface area contributed by atoms with Gasteiger partial charge in [-0.1, -0.05) is 24.2 Å². The zero-order valence-corrected chi connectivity index (χ0v) is 18.9. The van der Waals surface area contributed by atoms with E-state index in [1.807, 2.05) is 25.3 Å². The van der Waals surface area contributed by atoms with E-state index in [4.69, 9.17) is 0 Å². The Morgan fingerprint density at radius 1 is 1.09 bits per heavy atom. The Hall–Kier alpha value is -2.85. The molecule has 8 nitrogen and oxygen atoms in total. The molecule has 0 atom stereocenters. The maximum absolute atomic E-state index is 14.6. The molecule has 1 aliphatic carbocycles. The van der Waals surface area contributed by atoms with E-state index in [9.17, 15) is 4.39 Å². The average Bonchev–Trinajstić information content (AvgIpc) is 3.46. The summed E-state index contributed by atoms with van der Waals surface area (Å²) in [5.74, 6) is 0.463. The summed E-state index contributed by atoms with van der Waals surface area (Å²) in [6.45, 7) is 5.76. The molecule has 10 heteroatoms. The summed E-state index contributed by atoms with van der Waals surface area (Å²) in [6.07, 6.45) is 7.84. The van der Waals surface area contributed by atoms with Crippen molar-refractivity contribution in [3.8, 4) is 10.6 Å². The van der Waals surface area contributed by atoms with Gasteiger partial charge in [-0.05, 0) is 31.9 Å². The molecular formula is C22H27FN8S. The fourth-order valence-corrected chi connectivity index (χ4v) is 5.23. The number of piperazine rings is 1. The van der Waals surface area contributed by atoms with E-state index in [1.165, 1.54) is 30.4 Å². The van der Waals surface area contributed by atoms with E-state index >= 15 is 0 Å². The third-order valence-electron chi connectivity index (χ3n) is 5.91. The molecule has 0 unspecified atom stereocenters. The Labute approximate surface area is 190 Å². The number of hydrogen-bond donors (Lipinski definition) is 3. The summed E-state index contributed by atoms with van der Waals surface area (Å²) in [5, 5.41) is 10.7. The SMILES string of the molecule is Cc1nc(NC2CCCC2)sc1-c1nc(Nc2ccc(N3CCNCC3)cn2)ncc1F. The minimum Gasteiger partial charge on any atom is -0.368 e. The van der Waals surface area contributed by atoms with Gasteiger partial charge in [0, 0.05) is 32.2 Å². The lowest BCUT2D eigenvalue weighted by Gasteiger charge is -2.29. The predicted molar refractivity (Wildman–Crippen MR) is 126 cm³/mol. The molecule has 2 aliphatic rings. The molecule has 0 radical (unpaired) electrons. The molecule has 0 bridgehead atoms. The third kappa shape index (κ3) is 4.66. The van der Waals surface area contributed by atoms with E-state index in [-0.39, 0.29) is 5.69 Å². The van der Waals surface area contributed by atoms with E-state index in [0.29, 0.717) is 17.8 Å². The lowest BCUT2D eigenvalue weighted by molar-refractivity contribution is 0.589. The van der Waals surface area contributed by atoms with Crippen LogP contribution in [0, 0.1) is 12.7 Å². The van der Waals surface area contributed by atoms with Crippen LogP contribution in [0.15, 0.2) is 24.5 Å². The fourth-order valence-electron chi connectivity index (χ4n) is 4.19. The van der Waals surface area contributed by atoms with Crippen LogP contribution in [0.25, 0.3) is 10.6 Å². The molecule has 3 N–H and O–H groups in total. The van der Waals surface area contributed by atoms with Crippen molar-refractivity contribution in [2.24, 2.45) is 0 Å². The van der Waals surface area contributed by atoms with Crippen LogP contribution < -0.4 is 20.9 Å². The van der Waals surface area contributed by atoms with Gasteiger partial charge in [0.1, 0.15) is 11.5 Å². The summed E-state index contributed by atoms with van der Waals surface area (Å²) in [6, 6.07) is 4.38. The van der Waals surface area contributed by atoms with Crippen LogP contribution in [-0.2, 0) is 0 Å². The van der Waals surface area contributed by atoms with Crippen LogP contribution >= 0.6 is 11.3 Å². The number of anilines is 4. The van der Waals surface area contributed by atoms with Gasteiger partial charge in [-0.3, -0.25) is 0 Å². The highest BCUT2D eigenvalue weighted by Crippen LogP contribution is 2.35. The smallest absolute Gasteiger partial charge is 0.229 e. The number of aromatic nitrogens is 4. The molecule has 2 fully saturated rings. The molecule has 1 aliphatic heterocycles. The highest BCUT2D eigenvalue weighted by atomic mass is 32.1. The molecule has 1 saturated heterocycles. The molecule has 168 valence electrons. The van der Waals surface area contributed by atoms with Gasteiger partial charge in [0.15, 0.2) is 10.9 Å². The van der Waals surface area contributed by atoms with Crippen LogP contribution in [-0.4, -0.2) is 52.2 Å². The molecule has 3 aromatic rings. The van der Waals surface area contributed by atoms with Crippen LogP contribution in [0.2, 0.25) is 0 Å². The minimum atomic E-state index is -0.461. The second-order valence-corrected chi connectivity index (χ2v) is 9.21. The first-order valence-electron chi connectivity index (χ1n) is 11.1. The quantitative estimate of drug-likeness (QED) is 0.516. The van der Waals surface area contributed by atoms with Gasteiger partial charge in [0.25, 0.3) is 0 Å². The Kier molecular flexibility index (Phi) is 6.13. The van der Waals surface area contributed by atoms with Crippen molar-refractivity contribution in [3.05, 3.63) is 36.0 Å². The molecular weight excluding hydrogens is 427 g/mol. The summed E-state index contributed by atoms with van der Waals surface area (Å²) in [4.78, 5) is 20.6. The molecule has 5 rings (SSSR count). The summed E-state index contributed by atoms with van der Waals surface area (Å²) in [5.41, 5.74) is 2.10. The maximum Gasteiger partial charge on any atom is 0.229 e. The number of aryl methyl sites for hydroxylation is 1. The van der Waals surface area contributed by atoms with Crippen molar-refractivity contribution in [3.63, 3.8) is 0 Å². The average molecular weight is 455 g/mol. The van der Waals surface area contributed by atoms with E-state index in [1.54, 1.807) is 0 Å². The second-order valence-electron chi connectivity index (χ2n) is 8.21. The van der Waals surface area contributed by atoms with Crippen LogP contribution in [0.3, 0.4) is 0 Å². The van der Waals surface area contributed by atoms with Crippen LogP contribution in [0.1, 0.15) is 31.4 Å². The van der Waals surface area contributed by atoms with Gasteiger partial charge in [0.05, 0.1) is 28.7 Å². The molecule has 1 saturated carbocycles. The Morgan fingerprint density at radius 2 is 1.91 bits per heavy atom. The zero-order chi connectivity index (χ0) is 21.9. The normalized spacial score (nSPS) is 17.0. The molecule has 3 aromatic heterocycles. The largest absolute Gasteiger partial charge is 0.368 e. The van der Waals surface area contributed by atoms with E-state index in [0.717, 1.165) is 60.4 Å². The number of hydrogen-bond acceptors (Lipinski definition) is 9. The summed E-state index contributed by atoms with van der Waals surface area (Å²) >= 11 is 1.44. The fraction of sp³-hybridized carbons (Fsp3) is 0.455. The highest BCUT2D eigenvalue weighted by molar-refractivity contribution is 7.19. The van der Waals surface area contributed by atoms with E-state index < -0.39 is 5.82 Å². The highest BCUT2D eigenvalue weighted by Gasteiger charge is 2.20. The minimum absolute atomic E-state index is 0.259. The predicted octanol–water partition coefficient (Wildman–Crippen LogP) is 3.95. The number of pyridine rings is 1. The number of rotatable bonds is 6. The number of thiazole rings is 1. The Balaban J connectivity index is 1.32. The molecule has 32 heavy (non-hydrogen) atoms. The number of halogens is 1. The summed E-state index contributed by atoms with van der Waals surface area (Å²) in [7, 11) is 0. The van der Waals surface area contributed by atoms with Crippen LogP contribution in [0.4, 0.5) is 27.0 Å². The number of nitrogens with one attached hydrogen (secondary N) is 3. The van der Waals surface area contributed by atoms with Crippen molar-refractivity contribution < 1.29 is 4.39 Å². The summed E-state index contributed by atoms with van der Waals surface area (Å²) < 4.78 is 14.6. The zero-order valence-electron chi connectivity index (χ0n) is 18.1. The van der Waals surface area contributed by atoms with Gasteiger partial charge < -0.3 is 20.9 Å².